The van der Waals surface area contributed by atoms with E-state index in [2.05, 4.69) is 21.8 Å². The summed E-state index contributed by atoms with van der Waals surface area (Å²) < 4.78 is 0. The van der Waals surface area contributed by atoms with Crippen LogP contribution in [0.25, 0.3) is 0 Å². The van der Waals surface area contributed by atoms with Crippen LogP contribution in [0.1, 0.15) is 19.8 Å². The third kappa shape index (κ3) is 2.55. The van der Waals surface area contributed by atoms with Crippen LogP contribution in [-0.2, 0) is 4.79 Å². The van der Waals surface area contributed by atoms with Crippen molar-refractivity contribution in [2.24, 2.45) is 11.8 Å². The van der Waals surface area contributed by atoms with Crippen LogP contribution in [0.3, 0.4) is 0 Å². The Kier molecular flexibility index (Phi) is 3.46. The Morgan fingerprint density at radius 1 is 1.25 bits per heavy atom. The molecule has 0 amide bonds. The fourth-order valence-corrected chi connectivity index (χ4v) is 2.90. The van der Waals surface area contributed by atoms with Crippen LogP contribution in [0.5, 0.6) is 0 Å². The molecule has 0 spiro atoms. The first-order valence-corrected chi connectivity index (χ1v) is 7.18. The van der Waals surface area contributed by atoms with E-state index in [4.69, 9.17) is 5.11 Å². The van der Waals surface area contributed by atoms with Crippen LogP contribution in [0.15, 0.2) is 12.4 Å². The largest absolute Gasteiger partial charge is 0.481 e. The van der Waals surface area contributed by atoms with Crippen molar-refractivity contribution in [2.75, 3.05) is 36.0 Å². The second-order valence-electron chi connectivity index (χ2n) is 5.87. The van der Waals surface area contributed by atoms with Gasteiger partial charge in [-0.3, -0.25) is 4.79 Å². The lowest BCUT2D eigenvalue weighted by Gasteiger charge is -2.38. The molecule has 2 aliphatic rings. The first-order valence-electron chi connectivity index (χ1n) is 7.18. The number of rotatable bonds is 3. The normalized spacial score (nSPS) is 23.6. The average Bonchev–Trinajstić information content (AvgIpc) is 2.37. The Morgan fingerprint density at radius 2 is 1.95 bits per heavy atom. The highest BCUT2D eigenvalue weighted by molar-refractivity contribution is 5.74. The van der Waals surface area contributed by atoms with Gasteiger partial charge in [-0.15, -0.1) is 0 Å². The topological polar surface area (TPSA) is 69.6 Å². The number of carbonyl (C=O) groups is 1. The monoisotopic (exact) mass is 276 g/mol. The number of hydrogen-bond acceptors (Lipinski definition) is 5. The summed E-state index contributed by atoms with van der Waals surface area (Å²) in [6.07, 6.45) is 4.06. The van der Waals surface area contributed by atoms with E-state index in [0.29, 0.717) is 19.0 Å². The Labute approximate surface area is 118 Å². The van der Waals surface area contributed by atoms with Crippen LogP contribution in [0.2, 0.25) is 0 Å². The van der Waals surface area contributed by atoms with E-state index in [1.165, 1.54) is 12.8 Å². The molecule has 1 N–H and O–H groups in total. The fraction of sp³-hybridized carbons (Fsp3) is 0.643. The molecule has 6 nitrogen and oxygen atoms in total. The Hall–Kier alpha value is -1.85. The summed E-state index contributed by atoms with van der Waals surface area (Å²) in [5.74, 6) is 1.51. The highest BCUT2D eigenvalue weighted by Gasteiger charge is 2.33. The number of hydrogen-bond donors (Lipinski definition) is 1. The number of piperidine rings is 1. The highest BCUT2D eigenvalue weighted by atomic mass is 16.4. The van der Waals surface area contributed by atoms with Crippen molar-refractivity contribution in [1.29, 1.82) is 0 Å². The third-order valence-electron chi connectivity index (χ3n) is 4.17. The second kappa shape index (κ2) is 5.26. The third-order valence-corrected chi connectivity index (χ3v) is 4.17. The molecule has 0 aliphatic carbocycles. The first-order chi connectivity index (χ1) is 9.63. The summed E-state index contributed by atoms with van der Waals surface area (Å²) in [6.45, 7) is 5.43. The SMILES string of the molecule is CC1CCCN(c2cc(N3CC(C(=O)O)C3)ncn2)C1. The van der Waals surface area contributed by atoms with E-state index in [1.54, 1.807) is 6.33 Å². The van der Waals surface area contributed by atoms with Crippen molar-refractivity contribution in [3.8, 4) is 0 Å². The van der Waals surface area contributed by atoms with Crippen molar-refractivity contribution in [1.82, 2.24) is 9.97 Å². The van der Waals surface area contributed by atoms with Gasteiger partial charge < -0.3 is 14.9 Å². The van der Waals surface area contributed by atoms with Crippen molar-refractivity contribution in [3.63, 3.8) is 0 Å². The number of aliphatic carboxylic acids is 1. The molecule has 0 radical (unpaired) electrons. The quantitative estimate of drug-likeness (QED) is 0.895. The van der Waals surface area contributed by atoms with Gasteiger partial charge in [0.2, 0.25) is 0 Å². The molecule has 108 valence electrons. The maximum atomic E-state index is 10.8. The summed E-state index contributed by atoms with van der Waals surface area (Å²) in [7, 11) is 0. The van der Waals surface area contributed by atoms with Gasteiger partial charge in [-0.2, -0.15) is 0 Å². The lowest BCUT2D eigenvalue weighted by molar-refractivity contribution is -0.142. The molecule has 0 bridgehead atoms. The Bertz CT molecular complexity index is 502. The molecule has 3 rings (SSSR count). The summed E-state index contributed by atoms with van der Waals surface area (Å²) in [5.41, 5.74) is 0. The molecule has 1 aromatic rings. The van der Waals surface area contributed by atoms with Crippen LogP contribution < -0.4 is 9.80 Å². The van der Waals surface area contributed by atoms with Gasteiger partial charge in [-0.1, -0.05) is 6.92 Å². The number of nitrogens with zero attached hydrogens (tertiary/aromatic N) is 4. The van der Waals surface area contributed by atoms with Gasteiger partial charge in [0.05, 0.1) is 5.92 Å². The Morgan fingerprint density at radius 3 is 2.60 bits per heavy atom. The lowest BCUT2D eigenvalue weighted by Crippen LogP contribution is -2.50. The summed E-state index contributed by atoms with van der Waals surface area (Å²) in [4.78, 5) is 23.8. The highest BCUT2D eigenvalue weighted by Crippen LogP contribution is 2.27. The van der Waals surface area contributed by atoms with E-state index in [-0.39, 0.29) is 5.92 Å². The molecule has 20 heavy (non-hydrogen) atoms. The van der Waals surface area contributed by atoms with Gasteiger partial charge in [0.15, 0.2) is 0 Å². The smallest absolute Gasteiger partial charge is 0.310 e. The van der Waals surface area contributed by atoms with Gasteiger partial charge in [0.25, 0.3) is 0 Å². The minimum absolute atomic E-state index is 0.261. The zero-order valence-corrected chi connectivity index (χ0v) is 11.7. The molecule has 0 saturated carbocycles. The summed E-state index contributed by atoms with van der Waals surface area (Å²) >= 11 is 0. The van der Waals surface area contributed by atoms with Crippen molar-refractivity contribution >= 4 is 17.6 Å². The van der Waals surface area contributed by atoms with E-state index in [9.17, 15) is 4.79 Å². The lowest BCUT2D eigenvalue weighted by atomic mass is 10.00. The molecule has 0 aromatic carbocycles. The minimum Gasteiger partial charge on any atom is -0.481 e. The molecule has 1 unspecified atom stereocenters. The van der Waals surface area contributed by atoms with E-state index in [0.717, 1.165) is 24.7 Å². The van der Waals surface area contributed by atoms with E-state index in [1.807, 2.05) is 11.0 Å². The second-order valence-corrected chi connectivity index (χ2v) is 5.87. The standard InChI is InChI=1S/C14H20N4O2/c1-10-3-2-4-17(6-10)12-5-13(16-9-15-12)18-7-11(8-18)14(19)20/h5,9-11H,2-4,6-8H2,1H3,(H,19,20). The molecule has 3 heterocycles. The van der Waals surface area contributed by atoms with Crippen LogP contribution in [0.4, 0.5) is 11.6 Å². The molecule has 6 heteroatoms. The van der Waals surface area contributed by atoms with Crippen molar-refractivity contribution in [2.45, 2.75) is 19.8 Å². The van der Waals surface area contributed by atoms with Gasteiger partial charge in [0.1, 0.15) is 18.0 Å². The van der Waals surface area contributed by atoms with Crippen molar-refractivity contribution in [3.05, 3.63) is 12.4 Å². The van der Waals surface area contributed by atoms with Crippen LogP contribution in [0, 0.1) is 11.8 Å². The van der Waals surface area contributed by atoms with Crippen LogP contribution >= 0.6 is 0 Å². The van der Waals surface area contributed by atoms with E-state index >= 15 is 0 Å². The number of aromatic nitrogens is 2. The summed E-state index contributed by atoms with van der Waals surface area (Å²) in [5, 5.41) is 8.92. The van der Waals surface area contributed by atoms with Gasteiger partial charge >= 0.3 is 5.97 Å². The van der Waals surface area contributed by atoms with Crippen LogP contribution in [-0.4, -0.2) is 47.2 Å². The molecular formula is C14H20N4O2. The molecule has 2 aliphatic heterocycles. The average molecular weight is 276 g/mol. The molecule has 2 fully saturated rings. The predicted octanol–water partition coefficient (Wildman–Crippen LogP) is 1.23. The first kappa shape index (κ1) is 13.1. The van der Waals surface area contributed by atoms with Gasteiger partial charge in [-0.25, -0.2) is 9.97 Å². The zero-order valence-electron chi connectivity index (χ0n) is 11.7. The molecule has 1 aromatic heterocycles. The molecule has 1 atom stereocenters. The van der Waals surface area contributed by atoms with E-state index < -0.39 is 5.97 Å². The number of anilines is 2. The fourth-order valence-electron chi connectivity index (χ4n) is 2.90. The van der Waals surface area contributed by atoms with Gasteiger partial charge in [-0.05, 0) is 18.8 Å². The summed E-state index contributed by atoms with van der Waals surface area (Å²) in [6, 6.07) is 1.98. The van der Waals surface area contributed by atoms with Gasteiger partial charge in [0, 0.05) is 32.2 Å². The minimum atomic E-state index is -0.722. The maximum Gasteiger partial charge on any atom is 0.310 e. The molecule has 2 saturated heterocycles. The molecular weight excluding hydrogens is 256 g/mol. The number of carboxylic acid groups (broad SMARTS) is 1. The Balaban J connectivity index is 1.69. The zero-order chi connectivity index (χ0) is 14.1. The van der Waals surface area contributed by atoms with Crippen molar-refractivity contribution < 1.29 is 9.90 Å². The number of carboxylic acids is 1. The predicted molar refractivity (Wildman–Crippen MR) is 76.0 cm³/mol. The maximum absolute atomic E-state index is 10.8.